The van der Waals surface area contributed by atoms with Crippen LogP contribution in [-0.4, -0.2) is 11.2 Å². The standard InChI is InChI=1S/C15H16N2O/c1-4-18-15-7-5-14(6-8-15)17-11(2)9-13(10-16)12(17)3/h5-9H,4H2,1-3H3. The minimum Gasteiger partial charge on any atom is -0.494 e. The second-order valence-electron chi connectivity index (χ2n) is 4.16. The molecule has 0 atom stereocenters. The Bertz CT molecular complexity index is 588. The summed E-state index contributed by atoms with van der Waals surface area (Å²) < 4.78 is 7.50. The Kier molecular flexibility index (Phi) is 3.38. The van der Waals surface area contributed by atoms with E-state index in [1.54, 1.807) is 0 Å². The highest BCUT2D eigenvalue weighted by atomic mass is 16.5. The number of rotatable bonds is 3. The van der Waals surface area contributed by atoms with Gasteiger partial charge in [-0.25, -0.2) is 0 Å². The smallest absolute Gasteiger partial charge is 0.119 e. The van der Waals surface area contributed by atoms with E-state index in [9.17, 15) is 0 Å². The predicted molar refractivity (Wildman–Crippen MR) is 71.1 cm³/mol. The number of hydrogen-bond donors (Lipinski definition) is 0. The molecular weight excluding hydrogens is 224 g/mol. The Balaban J connectivity index is 2.43. The SMILES string of the molecule is CCOc1ccc(-n2c(C)cc(C#N)c2C)cc1. The molecule has 2 rings (SSSR count). The molecule has 1 aromatic carbocycles. The van der Waals surface area contributed by atoms with Gasteiger partial charge in [0.05, 0.1) is 12.2 Å². The second-order valence-corrected chi connectivity index (χ2v) is 4.16. The maximum Gasteiger partial charge on any atom is 0.119 e. The number of nitriles is 1. The summed E-state index contributed by atoms with van der Waals surface area (Å²) in [5.41, 5.74) is 3.81. The zero-order chi connectivity index (χ0) is 13.1. The van der Waals surface area contributed by atoms with Gasteiger partial charge in [-0.15, -0.1) is 0 Å². The van der Waals surface area contributed by atoms with Crippen LogP contribution in [0.15, 0.2) is 30.3 Å². The van der Waals surface area contributed by atoms with Crippen LogP contribution < -0.4 is 4.74 Å². The number of nitrogens with zero attached hydrogens (tertiary/aromatic N) is 2. The molecule has 0 radical (unpaired) electrons. The molecule has 0 saturated heterocycles. The molecule has 0 unspecified atom stereocenters. The van der Waals surface area contributed by atoms with Gasteiger partial charge in [-0.3, -0.25) is 0 Å². The van der Waals surface area contributed by atoms with Crippen molar-refractivity contribution in [3.8, 4) is 17.5 Å². The van der Waals surface area contributed by atoms with Gasteiger partial charge >= 0.3 is 0 Å². The summed E-state index contributed by atoms with van der Waals surface area (Å²) in [6.07, 6.45) is 0. The van der Waals surface area contributed by atoms with Gasteiger partial charge in [-0.2, -0.15) is 5.26 Å². The Morgan fingerprint density at radius 3 is 2.39 bits per heavy atom. The van der Waals surface area contributed by atoms with Crippen LogP contribution in [0.5, 0.6) is 5.75 Å². The predicted octanol–water partition coefficient (Wildman–Crippen LogP) is 3.36. The van der Waals surface area contributed by atoms with Gasteiger partial charge in [0, 0.05) is 17.1 Å². The summed E-state index contributed by atoms with van der Waals surface area (Å²) in [4.78, 5) is 0. The monoisotopic (exact) mass is 240 g/mol. The van der Waals surface area contributed by atoms with E-state index < -0.39 is 0 Å². The van der Waals surface area contributed by atoms with Crippen molar-refractivity contribution in [2.75, 3.05) is 6.61 Å². The quantitative estimate of drug-likeness (QED) is 0.825. The summed E-state index contributed by atoms with van der Waals surface area (Å²) in [6, 6.07) is 12.0. The van der Waals surface area contributed by atoms with Gasteiger partial charge in [-0.1, -0.05) is 0 Å². The van der Waals surface area contributed by atoms with Gasteiger partial charge in [0.15, 0.2) is 0 Å². The normalized spacial score (nSPS) is 10.1. The maximum atomic E-state index is 9.03. The molecule has 3 nitrogen and oxygen atoms in total. The first-order chi connectivity index (χ1) is 8.67. The molecule has 0 fully saturated rings. The number of aryl methyl sites for hydroxylation is 1. The number of ether oxygens (including phenoxy) is 1. The van der Waals surface area contributed by atoms with Gasteiger partial charge in [0.25, 0.3) is 0 Å². The van der Waals surface area contributed by atoms with Gasteiger partial charge < -0.3 is 9.30 Å². The van der Waals surface area contributed by atoms with Crippen LogP contribution in [0.3, 0.4) is 0 Å². The second kappa shape index (κ2) is 4.97. The third-order valence-corrected chi connectivity index (χ3v) is 2.96. The molecule has 0 bridgehead atoms. The van der Waals surface area contributed by atoms with Crippen molar-refractivity contribution in [2.24, 2.45) is 0 Å². The van der Waals surface area contributed by atoms with E-state index in [1.807, 2.05) is 51.1 Å². The van der Waals surface area contributed by atoms with Crippen LogP contribution >= 0.6 is 0 Å². The summed E-state index contributed by atoms with van der Waals surface area (Å²) in [5.74, 6) is 0.865. The Morgan fingerprint density at radius 1 is 1.22 bits per heavy atom. The highest BCUT2D eigenvalue weighted by molar-refractivity contribution is 5.46. The Morgan fingerprint density at radius 2 is 1.89 bits per heavy atom. The lowest BCUT2D eigenvalue weighted by Gasteiger charge is -2.10. The first-order valence-corrected chi connectivity index (χ1v) is 5.99. The minimum atomic E-state index is 0.666. The molecule has 1 heterocycles. The largest absolute Gasteiger partial charge is 0.494 e. The Labute approximate surface area is 107 Å². The average Bonchev–Trinajstić information content (AvgIpc) is 2.66. The average molecular weight is 240 g/mol. The molecule has 0 spiro atoms. The maximum absolute atomic E-state index is 9.03. The van der Waals surface area contributed by atoms with Crippen LogP contribution in [0, 0.1) is 25.2 Å². The molecule has 0 aliphatic carbocycles. The van der Waals surface area contributed by atoms with Crippen molar-refractivity contribution in [3.63, 3.8) is 0 Å². The minimum absolute atomic E-state index is 0.666. The van der Waals surface area contributed by atoms with Crippen molar-refractivity contribution in [3.05, 3.63) is 47.3 Å². The summed E-state index contributed by atoms with van der Waals surface area (Å²) >= 11 is 0. The van der Waals surface area contributed by atoms with Gasteiger partial charge in [0.2, 0.25) is 0 Å². The third kappa shape index (κ3) is 2.10. The molecule has 0 saturated carbocycles. The molecule has 0 aliphatic heterocycles. The number of hydrogen-bond acceptors (Lipinski definition) is 2. The van der Waals surface area contributed by atoms with E-state index in [0.717, 1.165) is 28.4 Å². The van der Waals surface area contributed by atoms with E-state index >= 15 is 0 Å². The van der Waals surface area contributed by atoms with Crippen molar-refractivity contribution >= 4 is 0 Å². The highest BCUT2D eigenvalue weighted by Crippen LogP contribution is 2.22. The number of aromatic nitrogens is 1. The lowest BCUT2D eigenvalue weighted by molar-refractivity contribution is 0.340. The molecule has 92 valence electrons. The van der Waals surface area contributed by atoms with Crippen molar-refractivity contribution < 1.29 is 4.74 Å². The fraction of sp³-hybridized carbons (Fsp3) is 0.267. The fourth-order valence-corrected chi connectivity index (χ4v) is 2.13. The lowest BCUT2D eigenvalue weighted by atomic mass is 10.2. The van der Waals surface area contributed by atoms with Crippen molar-refractivity contribution in [1.82, 2.24) is 4.57 Å². The molecule has 0 amide bonds. The molecular formula is C15H16N2O. The first-order valence-electron chi connectivity index (χ1n) is 5.99. The molecule has 1 aromatic heterocycles. The van der Waals surface area contributed by atoms with Crippen LogP contribution in [0.2, 0.25) is 0 Å². The summed E-state index contributed by atoms with van der Waals surface area (Å²) in [7, 11) is 0. The molecule has 18 heavy (non-hydrogen) atoms. The van der Waals surface area contributed by atoms with E-state index in [2.05, 4.69) is 10.6 Å². The first kappa shape index (κ1) is 12.3. The van der Waals surface area contributed by atoms with E-state index in [0.29, 0.717) is 6.61 Å². The van der Waals surface area contributed by atoms with Crippen LogP contribution in [0.1, 0.15) is 23.9 Å². The Hall–Kier alpha value is -2.21. The zero-order valence-electron chi connectivity index (χ0n) is 10.9. The lowest BCUT2D eigenvalue weighted by Crippen LogP contribution is -1.99. The molecule has 3 heteroatoms. The summed E-state index contributed by atoms with van der Waals surface area (Å²) in [5, 5.41) is 9.03. The van der Waals surface area contributed by atoms with E-state index in [-0.39, 0.29) is 0 Å². The highest BCUT2D eigenvalue weighted by Gasteiger charge is 2.09. The van der Waals surface area contributed by atoms with E-state index in [4.69, 9.17) is 10.00 Å². The molecule has 0 N–H and O–H groups in total. The topological polar surface area (TPSA) is 38.0 Å². The van der Waals surface area contributed by atoms with Crippen LogP contribution in [0.25, 0.3) is 5.69 Å². The van der Waals surface area contributed by atoms with Crippen LogP contribution in [0.4, 0.5) is 0 Å². The third-order valence-electron chi connectivity index (χ3n) is 2.96. The zero-order valence-corrected chi connectivity index (χ0v) is 10.9. The van der Waals surface area contributed by atoms with Crippen molar-refractivity contribution in [1.29, 1.82) is 5.26 Å². The van der Waals surface area contributed by atoms with Gasteiger partial charge in [-0.05, 0) is 51.1 Å². The molecule has 2 aromatic rings. The molecule has 0 aliphatic rings. The number of benzene rings is 1. The van der Waals surface area contributed by atoms with Crippen LogP contribution in [-0.2, 0) is 0 Å². The van der Waals surface area contributed by atoms with Crippen molar-refractivity contribution in [2.45, 2.75) is 20.8 Å². The fourth-order valence-electron chi connectivity index (χ4n) is 2.13. The summed E-state index contributed by atoms with van der Waals surface area (Å²) in [6.45, 7) is 6.60. The van der Waals surface area contributed by atoms with Gasteiger partial charge in [0.1, 0.15) is 11.8 Å². The van der Waals surface area contributed by atoms with E-state index in [1.165, 1.54) is 0 Å².